The SMILES string of the molecule is C#CCOC(=O)C(Cc1ccc(OC=C)cc1)NC(=O)OC(C)(C)C. The summed E-state index contributed by atoms with van der Waals surface area (Å²) in [5.74, 6) is 2.20. The molecule has 0 aliphatic heterocycles. The average Bonchev–Trinajstić information content (AvgIpc) is 2.52. The first-order valence-corrected chi connectivity index (χ1v) is 7.71. The maximum Gasteiger partial charge on any atom is 0.408 e. The number of esters is 1. The fourth-order valence-electron chi connectivity index (χ4n) is 1.89. The van der Waals surface area contributed by atoms with Gasteiger partial charge in [-0.1, -0.05) is 24.6 Å². The topological polar surface area (TPSA) is 73.9 Å². The van der Waals surface area contributed by atoms with Crippen LogP contribution in [0.5, 0.6) is 5.75 Å². The Morgan fingerprint density at radius 2 is 1.96 bits per heavy atom. The third-order valence-electron chi connectivity index (χ3n) is 2.86. The molecule has 0 aromatic heterocycles. The highest BCUT2D eigenvalue weighted by atomic mass is 16.6. The normalized spacial score (nSPS) is 11.6. The maximum atomic E-state index is 12.2. The molecule has 0 saturated heterocycles. The summed E-state index contributed by atoms with van der Waals surface area (Å²) < 4.78 is 15.3. The standard InChI is InChI=1S/C19H23NO5/c1-6-12-24-17(21)16(20-18(22)25-19(3,4)5)13-14-8-10-15(11-9-14)23-7-2/h1,7-11,16H,2,12-13H2,3-5H3,(H,20,22). The highest BCUT2D eigenvalue weighted by Gasteiger charge is 2.25. The molecule has 6 heteroatoms. The van der Waals surface area contributed by atoms with Crippen LogP contribution >= 0.6 is 0 Å². The Morgan fingerprint density at radius 3 is 2.48 bits per heavy atom. The zero-order valence-corrected chi connectivity index (χ0v) is 14.7. The lowest BCUT2D eigenvalue weighted by Crippen LogP contribution is -2.45. The van der Waals surface area contributed by atoms with Gasteiger partial charge in [0.05, 0.1) is 6.26 Å². The summed E-state index contributed by atoms with van der Waals surface area (Å²) in [7, 11) is 0. The van der Waals surface area contributed by atoms with Crippen LogP contribution < -0.4 is 10.1 Å². The Morgan fingerprint density at radius 1 is 1.32 bits per heavy atom. The number of amides is 1. The molecule has 0 heterocycles. The van der Waals surface area contributed by atoms with Crippen molar-refractivity contribution in [1.82, 2.24) is 5.32 Å². The first-order chi connectivity index (χ1) is 11.7. The molecule has 0 bridgehead atoms. The second-order valence-electron chi connectivity index (χ2n) is 6.14. The lowest BCUT2D eigenvalue weighted by atomic mass is 10.1. The van der Waals surface area contributed by atoms with E-state index >= 15 is 0 Å². The third-order valence-corrected chi connectivity index (χ3v) is 2.86. The van der Waals surface area contributed by atoms with Crippen LogP contribution in [0.15, 0.2) is 37.1 Å². The zero-order chi connectivity index (χ0) is 18.9. The molecular formula is C19H23NO5. The molecule has 1 unspecified atom stereocenters. The van der Waals surface area contributed by atoms with Crippen molar-refractivity contribution in [2.24, 2.45) is 0 Å². The quantitative estimate of drug-likeness (QED) is 0.467. The maximum absolute atomic E-state index is 12.2. The van der Waals surface area contributed by atoms with Gasteiger partial charge in [-0.25, -0.2) is 9.59 Å². The van der Waals surface area contributed by atoms with Crippen LogP contribution in [-0.2, 0) is 20.7 Å². The molecule has 0 aliphatic rings. The fourth-order valence-corrected chi connectivity index (χ4v) is 1.89. The summed E-state index contributed by atoms with van der Waals surface area (Å²) in [6.07, 6.45) is 5.93. The number of alkyl carbamates (subject to hydrolysis) is 1. The predicted octanol–water partition coefficient (Wildman–Crippen LogP) is 2.82. The molecule has 0 aliphatic carbocycles. The predicted molar refractivity (Wildman–Crippen MR) is 93.9 cm³/mol. The molecule has 0 spiro atoms. The van der Waals surface area contributed by atoms with Gasteiger partial charge in [0.2, 0.25) is 0 Å². The number of rotatable bonds is 7. The first-order valence-electron chi connectivity index (χ1n) is 7.71. The van der Waals surface area contributed by atoms with E-state index in [0.29, 0.717) is 5.75 Å². The van der Waals surface area contributed by atoms with Crippen molar-refractivity contribution in [3.05, 3.63) is 42.7 Å². The highest BCUT2D eigenvalue weighted by molar-refractivity contribution is 5.81. The van der Waals surface area contributed by atoms with Crippen molar-refractivity contribution >= 4 is 12.1 Å². The molecule has 1 atom stereocenters. The van der Waals surface area contributed by atoms with Crippen LogP contribution in [0.4, 0.5) is 4.79 Å². The van der Waals surface area contributed by atoms with Crippen molar-refractivity contribution in [2.45, 2.75) is 38.8 Å². The lowest BCUT2D eigenvalue weighted by molar-refractivity contribution is -0.144. The monoisotopic (exact) mass is 345 g/mol. The van der Waals surface area contributed by atoms with Gasteiger partial charge in [0.15, 0.2) is 6.61 Å². The molecule has 1 rings (SSSR count). The molecule has 25 heavy (non-hydrogen) atoms. The Bertz CT molecular complexity index is 637. The van der Waals surface area contributed by atoms with Gasteiger partial charge in [-0.15, -0.1) is 6.42 Å². The summed E-state index contributed by atoms with van der Waals surface area (Å²) >= 11 is 0. The van der Waals surface area contributed by atoms with E-state index in [1.165, 1.54) is 6.26 Å². The molecule has 1 amide bonds. The second kappa shape index (κ2) is 9.38. The smallest absolute Gasteiger partial charge is 0.408 e. The van der Waals surface area contributed by atoms with E-state index in [9.17, 15) is 9.59 Å². The van der Waals surface area contributed by atoms with Crippen molar-refractivity contribution < 1.29 is 23.8 Å². The minimum absolute atomic E-state index is 0.169. The summed E-state index contributed by atoms with van der Waals surface area (Å²) in [5.41, 5.74) is 0.122. The van der Waals surface area contributed by atoms with E-state index in [1.807, 2.05) is 0 Å². The summed E-state index contributed by atoms with van der Waals surface area (Å²) in [6.45, 7) is 8.51. The number of terminal acetylenes is 1. The highest BCUT2D eigenvalue weighted by Crippen LogP contribution is 2.14. The lowest BCUT2D eigenvalue weighted by Gasteiger charge is -2.23. The number of nitrogens with one attached hydrogen (secondary N) is 1. The Hall–Kier alpha value is -2.94. The molecule has 1 N–H and O–H groups in total. The van der Waals surface area contributed by atoms with Crippen molar-refractivity contribution in [3.63, 3.8) is 0 Å². The molecule has 1 aromatic rings. The largest absolute Gasteiger partial charge is 0.466 e. The molecule has 0 radical (unpaired) electrons. The Labute approximate surface area is 148 Å². The number of carbonyl (C=O) groups excluding carboxylic acids is 2. The second-order valence-corrected chi connectivity index (χ2v) is 6.14. The van der Waals surface area contributed by atoms with E-state index in [-0.39, 0.29) is 13.0 Å². The van der Waals surface area contributed by atoms with Crippen LogP contribution in [-0.4, -0.2) is 30.3 Å². The van der Waals surface area contributed by atoms with E-state index in [2.05, 4.69) is 17.8 Å². The summed E-state index contributed by atoms with van der Waals surface area (Å²) in [5, 5.41) is 2.52. The number of benzene rings is 1. The van der Waals surface area contributed by atoms with Gasteiger partial charge in [-0.2, -0.15) is 0 Å². The number of carbonyl (C=O) groups is 2. The Kier molecular flexibility index (Phi) is 7.54. The van der Waals surface area contributed by atoms with Crippen LogP contribution in [0, 0.1) is 12.3 Å². The van der Waals surface area contributed by atoms with Gasteiger partial charge >= 0.3 is 12.1 Å². The van der Waals surface area contributed by atoms with Crippen LogP contribution in [0.25, 0.3) is 0 Å². The number of hydrogen-bond donors (Lipinski definition) is 1. The van der Waals surface area contributed by atoms with E-state index in [1.54, 1.807) is 45.0 Å². The molecule has 0 saturated carbocycles. The third kappa shape index (κ3) is 7.93. The molecular weight excluding hydrogens is 322 g/mol. The average molecular weight is 345 g/mol. The van der Waals surface area contributed by atoms with E-state index in [4.69, 9.17) is 20.6 Å². The van der Waals surface area contributed by atoms with Gasteiger partial charge < -0.3 is 19.5 Å². The first kappa shape index (κ1) is 20.1. The van der Waals surface area contributed by atoms with Gasteiger partial charge in [0, 0.05) is 6.42 Å². The summed E-state index contributed by atoms with van der Waals surface area (Å²) in [6, 6.07) is 6.09. The Balaban J connectivity index is 2.83. The molecule has 0 fully saturated rings. The van der Waals surface area contributed by atoms with Crippen molar-refractivity contribution in [1.29, 1.82) is 0 Å². The molecule has 1 aromatic carbocycles. The zero-order valence-electron chi connectivity index (χ0n) is 14.7. The number of hydrogen-bond acceptors (Lipinski definition) is 5. The van der Waals surface area contributed by atoms with Gasteiger partial charge in [0.1, 0.15) is 17.4 Å². The molecule has 6 nitrogen and oxygen atoms in total. The van der Waals surface area contributed by atoms with Crippen LogP contribution in [0.2, 0.25) is 0 Å². The molecule has 134 valence electrons. The van der Waals surface area contributed by atoms with Crippen LogP contribution in [0.1, 0.15) is 26.3 Å². The van der Waals surface area contributed by atoms with Crippen molar-refractivity contribution in [2.75, 3.05) is 6.61 Å². The van der Waals surface area contributed by atoms with Crippen LogP contribution in [0.3, 0.4) is 0 Å². The minimum atomic E-state index is -0.922. The van der Waals surface area contributed by atoms with Gasteiger partial charge in [-0.05, 0) is 38.5 Å². The minimum Gasteiger partial charge on any atom is -0.466 e. The fraction of sp³-hybridized carbons (Fsp3) is 0.368. The van der Waals surface area contributed by atoms with Gasteiger partial charge in [-0.3, -0.25) is 0 Å². The number of ether oxygens (including phenoxy) is 3. The van der Waals surface area contributed by atoms with Gasteiger partial charge in [0.25, 0.3) is 0 Å². The van der Waals surface area contributed by atoms with E-state index < -0.39 is 23.7 Å². The summed E-state index contributed by atoms with van der Waals surface area (Å²) in [4.78, 5) is 24.1. The van der Waals surface area contributed by atoms with E-state index in [0.717, 1.165) is 5.56 Å². The van der Waals surface area contributed by atoms with Crippen molar-refractivity contribution in [3.8, 4) is 18.1 Å².